The third-order valence-corrected chi connectivity index (χ3v) is 6.07. The number of nitrogens with zero attached hydrogens (tertiary/aromatic N) is 4. The highest BCUT2D eigenvalue weighted by molar-refractivity contribution is 6.32. The van der Waals surface area contributed by atoms with Gasteiger partial charge in [0.15, 0.2) is 5.82 Å². The number of pyridine rings is 1. The smallest absolute Gasteiger partial charge is 0.159 e. The molecule has 2 heterocycles. The molecule has 0 aliphatic heterocycles. The van der Waals surface area contributed by atoms with E-state index in [2.05, 4.69) is 15.0 Å². The van der Waals surface area contributed by atoms with Crippen molar-refractivity contribution in [3.8, 4) is 11.1 Å². The van der Waals surface area contributed by atoms with Gasteiger partial charge in [-0.2, -0.15) is 0 Å². The molecule has 1 unspecified atom stereocenters. The van der Waals surface area contributed by atoms with E-state index < -0.39 is 5.60 Å². The molecule has 2 aromatic carbocycles. The van der Waals surface area contributed by atoms with Crippen molar-refractivity contribution >= 4 is 28.2 Å². The first-order chi connectivity index (χ1) is 15.3. The van der Waals surface area contributed by atoms with Crippen LogP contribution >= 0.6 is 11.6 Å². The summed E-state index contributed by atoms with van der Waals surface area (Å²) in [7, 11) is 1.83. The van der Waals surface area contributed by atoms with Crippen LogP contribution in [0.15, 0.2) is 61.1 Å². The lowest BCUT2D eigenvalue weighted by molar-refractivity contribution is 0.0436. The molecular formula is C25H24ClFN4O. The number of hydrogen-bond acceptors (Lipinski definition) is 5. The van der Waals surface area contributed by atoms with Crippen LogP contribution in [-0.2, 0) is 12.1 Å². The summed E-state index contributed by atoms with van der Waals surface area (Å²) in [4.78, 5) is 15.0. The Morgan fingerprint density at radius 2 is 1.75 bits per heavy atom. The molecule has 0 saturated carbocycles. The molecule has 0 aliphatic carbocycles. The SMILES string of the molecule is CCC(C)(O)c1ncc(-c2ccc3ncc(Cl)c(CN(C)c4ccccc4F)c3c2)cn1. The average molecular weight is 451 g/mol. The van der Waals surface area contributed by atoms with Crippen LogP contribution < -0.4 is 4.90 Å². The first-order valence-corrected chi connectivity index (χ1v) is 10.8. The van der Waals surface area contributed by atoms with E-state index in [0.717, 1.165) is 27.6 Å². The van der Waals surface area contributed by atoms with Crippen LogP contribution in [0.5, 0.6) is 0 Å². The maximum absolute atomic E-state index is 14.3. The summed E-state index contributed by atoms with van der Waals surface area (Å²) in [5, 5.41) is 11.8. The second-order valence-electron chi connectivity index (χ2n) is 8.05. The molecule has 0 radical (unpaired) electrons. The first kappa shape index (κ1) is 22.1. The van der Waals surface area contributed by atoms with Gasteiger partial charge in [-0.05, 0) is 43.2 Å². The second-order valence-corrected chi connectivity index (χ2v) is 8.45. The van der Waals surface area contributed by atoms with Crippen LogP contribution in [-0.4, -0.2) is 27.1 Å². The number of halogens is 2. The molecule has 7 heteroatoms. The Bertz CT molecular complexity index is 1260. The summed E-state index contributed by atoms with van der Waals surface area (Å²) in [6, 6.07) is 12.5. The van der Waals surface area contributed by atoms with E-state index in [1.54, 1.807) is 43.7 Å². The minimum absolute atomic E-state index is 0.287. The van der Waals surface area contributed by atoms with Crippen molar-refractivity contribution in [2.75, 3.05) is 11.9 Å². The Hall–Kier alpha value is -3.09. The van der Waals surface area contributed by atoms with Gasteiger partial charge in [-0.15, -0.1) is 0 Å². The highest BCUT2D eigenvalue weighted by Gasteiger charge is 2.23. The van der Waals surface area contributed by atoms with Crippen LogP contribution in [0.4, 0.5) is 10.1 Å². The van der Waals surface area contributed by atoms with Gasteiger partial charge >= 0.3 is 0 Å². The summed E-state index contributed by atoms with van der Waals surface area (Å²) in [6.07, 6.45) is 5.55. The van der Waals surface area contributed by atoms with E-state index in [9.17, 15) is 9.50 Å². The van der Waals surface area contributed by atoms with Crippen LogP contribution in [0, 0.1) is 5.82 Å². The third kappa shape index (κ3) is 4.29. The van der Waals surface area contributed by atoms with Crippen molar-refractivity contribution in [3.63, 3.8) is 0 Å². The lowest BCUT2D eigenvalue weighted by Gasteiger charge is -2.22. The number of aromatic nitrogens is 3. The number of rotatable bonds is 6. The molecule has 0 spiro atoms. The van der Waals surface area contributed by atoms with Crippen molar-refractivity contribution in [3.05, 3.63) is 83.3 Å². The standard InChI is InChI=1S/C25H24ClFN4O/c1-4-25(2,32)24-29-12-17(13-30-24)16-9-10-22-18(11-16)19(20(26)14-28-22)15-31(3)23-8-6-5-7-21(23)27/h5-14,32H,4,15H2,1-3H3. The molecule has 0 bridgehead atoms. The van der Waals surface area contributed by atoms with Gasteiger partial charge in [0.05, 0.1) is 16.2 Å². The molecule has 1 N–H and O–H groups in total. The minimum Gasteiger partial charge on any atom is -0.382 e. The summed E-state index contributed by atoms with van der Waals surface area (Å²) in [5.41, 5.74) is 2.80. The van der Waals surface area contributed by atoms with Crippen molar-refractivity contribution in [2.24, 2.45) is 0 Å². The topological polar surface area (TPSA) is 62.1 Å². The Morgan fingerprint density at radius 1 is 1.03 bits per heavy atom. The Labute approximate surface area is 191 Å². The fourth-order valence-corrected chi connectivity index (χ4v) is 3.77. The maximum atomic E-state index is 14.3. The Balaban J connectivity index is 1.73. The molecule has 0 saturated heterocycles. The number of fused-ring (bicyclic) bond motifs is 1. The number of hydrogen-bond donors (Lipinski definition) is 1. The van der Waals surface area contributed by atoms with Crippen LogP contribution in [0.3, 0.4) is 0 Å². The molecule has 2 aromatic heterocycles. The summed E-state index contributed by atoms with van der Waals surface area (Å²) in [5.74, 6) is 0.104. The number of aliphatic hydroxyl groups is 1. The van der Waals surface area contributed by atoms with Crippen molar-refractivity contribution in [1.29, 1.82) is 0 Å². The Kier molecular flexibility index (Phi) is 6.09. The van der Waals surface area contributed by atoms with Gasteiger partial charge in [-0.25, -0.2) is 14.4 Å². The first-order valence-electron chi connectivity index (χ1n) is 10.4. The third-order valence-electron chi connectivity index (χ3n) is 5.74. The van der Waals surface area contributed by atoms with Gasteiger partial charge in [-0.1, -0.05) is 36.7 Å². The van der Waals surface area contributed by atoms with Gasteiger partial charge in [-0.3, -0.25) is 4.98 Å². The molecule has 32 heavy (non-hydrogen) atoms. The predicted octanol–water partition coefficient (Wildman–Crippen LogP) is 5.74. The van der Waals surface area contributed by atoms with Crippen molar-refractivity contribution < 1.29 is 9.50 Å². The minimum atomic E-state index is -1.07. The fourth-order valence-electron chi connectivity index (χ4n) is 3.56. The number of para-hydroxylation sites is 1. The lowest BCUT2D eigenvalue weighted by atomic mass is 10.0. The fraction of sp³-hybridized carbons (Fsp3) is 0.240. The lowest BCUT2D eigenvalue weighted by Crippen LogP contribution is -2.22. The number of benzene rings is 2. The van der Waals surface area contributed by atoms with E-state index in [1.165, 1.54) is 6.07 Å². The summed E-state index contributed by atoms with van der Waals surface area (Å²) in [6.45, 7) is 4.00. The summed E-state index contributed by atoms with van der Waals surface area (Å²) >= 11 is 6.52. The van der Waals surface area contributed by atoms with Crippen molar-refractivity contribution in [1.82, 2.24) is 15.0 Å². The van der Waals surface area contributed by atoms with E-state index in [4.69, 9.17) is 11.6 Å². The van der Waals surface area contributed by atoms with E-state index >= 15 is 0 Å². The van der Waals surface area contributed by atoms with E-state index in [-0.39, 0.29) is 5.82 Å². The molecular weight excluding hydrogens is 427 g/mol. The second kappa shape index (κ2) is 8.81. The largest absolute Gasteiger partial charge is 0.382 e. The molecule has 164 valence electrons. The van der Waals surface area contributed by atoms with Crippen molar-refractivity contribution in [2.45, 2.75) is 32.4 Å². The van der Waals surface area contributed by atoms with Crippen LogP contribution in [0.25, 0.3) is 22.0 Å². The van der Waals surface area contributed by atoms with Gasteiger partial charge in [0, 0.05) is 48.7 Å². The monoisotopic (exact) mass is 450 g/mol. The summed E-state index contributed by atoms with van der Waals surface area (Å²) < 4.78 is 14.3. The molecule has 0 aliphatic rings. The molecule has 0 fully saturated rings. The molecule has 4 aromatic rings. The van der Waals surface area contributed by atoms with Gasteiger partial charge in [0.25, 0.3) is 0 Å². The Morgan fingerprint density at radius 3 is 2.44 bits per heavy atom. The zero-order valence-corrected chi connectivity index (χ0v) is 18.9. The normalized spacial score (nSPS) is 13.2. The molecule has 1 atom stereocenters. The highest BCUT2D eigenvalue weighted by atomic mass is 35.5. The van der Waals surface area contributed by atoms with E-state index in [0.29, 0.717) is 29.5 Å². The van der Waals surface area contributed by atoms with Gasteiger partial charge < -0.3 is 10.0 Å². The molecule has 4 rings (SSSR count). The van der Waals surface area contributed by atoms with Gasteiger partial charge in [0.2, 0.25) is 0 Å². The maximum Gasteiger partial charge on any atom is 0.159 e. The molecule has 0 amide bonds. The van der Waals surface area contributed by atoms with E-state index in [1.807, 2.05) is 37.1 Å². The molecule has 5 nitrogen and oxygen atoms in total. The zero-order chi connectivity index (χ0) is 22.9. The van der Waals surface area contributed by atoms with Crippen LogP contribution in [0.1, 0.15) is 31.7 Å². The highest BCUT2D eigenvalue weighted by Crippen LogP contribution is 2.31. The predicted molar refractivity (Wildman–Crippen MR) is 126 cm³/mol. The number of anilines is 1. The quantitative estimate of drug-likeness (QED) is 0.406. The zero-order valence-electron chi connectivity index (χ0n) is 18.2. The van der Waals surface area contributed by atoms with Crippen LogP contribution in [0.2, 0.25) is 5.02 Å². The average Bonchev–Trinajstić information content (AvgIpc) is 2.81. The van der Waals surface area contributed by atoms with Gasteiger partial charge in [0.1, 0.15) is 11.4 Å².